The summed E-state index contributed by atoms with van der Waals surface area (Å²) in [5.41, 5.74) is 1.00. The molecule has 0 aliphatic rings. The largest absolute Gasteiger partial charge is 0.118 e. The Bertz CT molecular complexity index is 596. The lowest BCUT2D eigenvalue weighted by molar-refractivity contribution is 1.03. The zero-order valence-corrected chi connectivity index (χ0v) is 13.8. The molecule has 100 valence electrons. The fraction of sp³-hybridized carbons (Fsp3) is 0.143. The van der Waals surface area contributed by atoms with Gasteiger partial charge in [-0.05, 0) is 48.9 Å². The van der Waals surface area contributed by atoms with E-state index in [1.807, 2.05) is 37.3 Å². The number of benzene rings is 2. The first-order valence-corrected chi connectivity index (χ1v) is 7.92. The van der Waals surface area contributed by atoms with Crippen molar-refractivity contribution in [3.8, 4) is 0 Å². The van der Waals surface area contributed by atoms with Crippen molar-refractivity contribution in [1.82, 2.24) is 0 Å². The van der Waals surface area contributed by atoms with Gasteiger partial charge in [0.2, 0.25) is 0 Å². The molecule has 0 nitrogen and oxygen atoms in total. The van der Waals surface area contributed by atoms with Crippen molar-refractivity contribution in [1.29, 1.82) is 0 Å². The van der Waals surface area contributed by atoms with Gasteiger partial charge < -0.3 is 0 Å². The van der Waals surface area contributed by atoms with Crippen LogP contribution < -0.4 is 0 Å². The van der Waals surface area contributed by atoms with E-state index >= 15 is 0 Å². The van der Waals surface area contributed by atoms with Gasteiger partial charge in [0.05, 0.1) is 15.4 Å². The van der Waals surface area contributed by atoms with Gasteiger partial charge in [-0.3, -0.25) is 0 Å². The molecule has 0 aliphatic carbocycles. The molecule has 2 aromatic carbocycles. The molecule has 0 N–H and O–H groups in total. The Kier molecular flexibility index (Phi) is 5.33. The number of hydrogen-bond donors (Lipinski definition) is 0. The molecule has 0 saturated heterocycles. The van der Waals surface area contributed by atoms with Crippen LogP contribution in [0.2, 0.25) is 15.1 Å². The van der Waals surface area contributed by atoms with Crippen LogP contribution in [0.5, 0.6) is 0 Å². The number of alkyl halides is 1. The van der Waals surface area contributed by atoms with Gasteiger partial charge in [-0.25, -0.2) is 0 Å². The van der Waals surface area contributed by atoms with E-state index in [0.29, 0.717) is 15.1 Å². The molecule has 0 amide bonds. The Morgan fingerprint density at radius 2 is 1.68 bits per heavy atom. The van der Waals surface area contributed by atoms with Crippen molar-refractivity contribution in [2.45, 2.75) is 22.1 Å². The first kappa shape index (κ1) is 15.3. The Morgan fingerprint density at radius 1 is 0.947 bits per heavy atom. The second-order valence-corrected chi connectivity index (χ2v) is 7.00. The van der Waals surface area contributed by atoms with Crippen molar-refractivity contribution in [3.63, 3.8) is 0 Å². The van der Waals surface area contributed by atoms with Crippen LogP contribution in [0.4, 0.5) is 0 Å². The monoisotopic (exact) mass is 350 g/mol. The minimum absolute atomic E-state index is 0.107. The van der Waals surface area contributed by atoms with Gasteiger partial charge in [0.15, 0.2) is 0 Å². The van der Waals surface area contributed by atoms with Gasteiger partial charge in [0.1, 0.15) is 0 Å². The highest BCUT2D eigenvalue weighted by Gasteiger charge is 2.11. The van der Waals surface area contributed by atoms with Crippen LogP contribution >= 0.6 is 58.2 Å². The molecule has 1 unspecified atom stereocenters. The maximum absolute atomic E-state index is 6.18. The lowest BCUT2D eigenvalue weighted by Gasteiger charge is -2.12. The fourth-order valence-corrected chi connectivity index (χ4v) is 3.44. The summed E-state index contributed by atoms with van der Waals surface area (Å²) in [7, 11) is 0. The third-order valence-electron chi connectivity index (χ3n) is 2.52. The third-order valence-corrected chi connectivity index (χ3v) is 4.81. The van der Waals surface area contributed by atoms with Crippen molar-refractivity contribution in [2.75, 3.05) is 0 Å². The molecule has 0 radical (unpaired) electrons. The minimum Gasteiger partial charge on any atom is -0.118 e. The molecule has 2 aromatic rings. The SMILES string of the molecule is CC(Cl)c1cc(Cl)ccc1Sc1ccc(Cl)c(Cl)c1. The molecule has 2 rings (SSSR count). The summed E-state index contributed by atoms with van der Waals surface area (Å²) in [5, 5.41) is 1.67. The van der Waals surface area contributed by atoms with Crippen LogP contribution in [-0.4, -0.2) is 0 Å². The standard InChI is InChI=1S/C14H10Cl4S/c1-8(15)11-6-9(16)2-5-14(11)19-10-3-4-12(17)13(18)7-10/h2-8H,1H3. The summed E-state index contributed by atoms with van der Waals surface area (Å²) in [4.78, 5) is 2.07. The highest BCUT2D eigenvalue weighted by atomic mass is 35.5. The molecule has 0 heterocycles. The van der Waals surface area contributed by atoms with Crippen molar-refractivity contribution < 1.29 is 0 Å². The van der Waals surface area contributed by atoms with Crippen LogP contribution in [-0.2, 0) is 0 Å². The Hall–Kier alpha value is -0.0500. The van der Waals surface area contributed by atoms with E-state index in [1.165, 1.54) is 0 Å². The maximum Gasteiger partial charge on any atom is 0.0603 e. The molecule has 0 aromatic heterocycles. The highest BCUT2D eigenvalue weighted by molar-refractivity contribution is 7.99. The lowest BCUT2D eigenvalue weighted by atomic mass is 10.2. The van der Waals surface area contributed by atoms with Crippen LogP contribution in [0.3, 0.4) is 0 Å². The second-order valence-electron chi connectivity index (χ2n) is 3.98. The Labute approximate surface area is 137 Å². The van der Waals surface area contributed by atoms with Crippen molar-refractivity contribution >= 4 is 58.2 Å². The van der Waals surface area contributed by atoms with Gasteiger partial charge in [-0.15, -0.1) is 11.6 Å². The van der Waals surface area contributed by atoms with Gasteiger partial charge in [-0.2, -0.15) is 0 Å². The van der Waals surface area contributed by atoms with E-state index in [2.05, 4.69) is 0 Å². The zero-order chi connectivity index (χ0) is 14.0. The van der Waals surface area contributed by atoms with E-state index < -0.39 is 0 Å². The van der Waals surface area contributed by atoms with E-state index in [4.69, 9.17) is 46.4 Å². The molecule has 0 aliphatic heterocycles. The minimum atomic E-state index is -0.107. The predicted octanol–water partition coefficient (Wildman–Crippen LogP) is 7.10. The van der Waals surface area contributed by atoms with Crippen LogP contribution in [0, 0.1) is 0 Å². The van der Waals surface area contributed by atoms with Crippen molar-refractivity contribution in [2.24, 2.45) is 0 Å². The van der Waals surface area contributed by atoms with E-state index in [1.54, 1.807) is 17.8 Å². The van der Waals surface area contributed by atoms with Gasteiger partial charge >= 0.3 is 0 Å². The molecule has 5 heteroatoms. The molecule has 19 heavy (non-hydrogen) atoms. The lowest BCUT2D eigenvalue weighted by Crippen LogP contribution is -1.88. The quantitative estimate of drug-likeness (QED) is 0.531. The summed E-state index contributed by atoms with van der Waals surface area (Å²) in [5.74, 6) is 0. The molecule has 0 saturated carbocycles. The molecule has 0 bridgehead atoms. The summed E-state index contributed by atoms with van der Waals surface area (Å²) >= 11 is 25.7. The number of rotatable bonds is 3. The topological polar surface area (TPSA) is 0 Å². The van der Waals surface area contributed by atoms with E-state index in [0.717, 1.165) is 15.4 Å². The smallest absolute Gasteiger partial charge is 0.0603 e. The molecule has 1 atom stereocenters. The normalized spacial score (nSPS) is 12.5. The van der Waals surface area contributed by atoms with Gasteiger partial charge in [0.25, 0.3) is 0 Å². The first-order chi connectivity index (χ1) is 8.97. The summed E-state index contributed by atoms with van der Waals surface area (Å²) in [6, 6.07) is 11.3. The summed E-state index contributed by atoms with van der Waals surface area (Å²) in [6.45, 7) is 1.92. The molecular weight excluding hydrogens is 342 g/mol. The summed E-state index contributed by atoms with van der Waals surface area (Å²) < 4.78 is 0. The average molecular weight is 352 g/mol. The zero-order valence-electron chi connectivity index (χ0n) is 9.96. The van der Waals surface area contributed by atoms with E-state index in [-0.39, 0.29) is 5.38 Å². The predicted molar refractivity (Wildman–Crippen MR) is 86.3 cm³/mol. The van der Waals surface area contributed by atoms with Crippen LogP contribution in [0.25, 0.3) is 0 Å². The second kappa shape index (κ2) is 6.60. The maximum atomic E-state index is 6.18. The molecular formula is C14H10Cl4S. The first-order valence-electron chi connectivity index (χ1n) is 5.54. The van der Waals surface area contributed by atoms with Crippen LogP contribution in [0.1, 0.15) is 17.9 Å². The molecule has 0 fully saturated rings. The van der Waals surface area contributed by atoms with Gasteiger partial charge in [0, 0.05) is 14.8 Å². The van der Waals surface area contributed by atoms with Gasteiger partial charge in [-0.1, -0.05) is 46.6 Å². The molecule has 0 spiro atoms. The summed E-state index contributed by atoms with van der Waals surface area (Å²) in [6.07, 6.45) is 0. The van der Waals surface area contributed by atoms with Crippen molar-refractivity contribution in [3.05, 3.63) is 57.0 Å². The Balaban J connectivity index is 2.35. The van der Waals surface area contributed by atoms with Crippen LogP contribution in [0.15, 0.2) is 46.2 Å². The average Bonchev–Trinajstić information content (AvgIpc) is 2.36. The van der Waals surface area contributed by atoms with E-state index in [9.17, 15) is 0 Å². The Morgan fingerprint density at radius 3 is 2.32 bits per heavy atom. The number of hydrogen-bond acceptors (Lipinski definition) is 1. The third kappa shape index (κ3) is 3.96. The highest BCUT2D eigenvalue weighted by Crippen LogP contribution is 2.38. The number of halogens is 4. The fourth-order valence-electron chi connectivity index (χ4n) is 1.59.